The van der Waals surface area contributed by atoms with Gasteiger partial charge in [-0.2, -0.15) is 0 Å². The Balaban J connectivity index is 5.46. The van der Waals surface area contributed by atoms with Crippen molar-refractivity contribution in [2.45, 2.75) is 89.8 Å². The summed E-state index contributed by atoms with van der Waals surface area (Å²) >= 11 is 0. The molecule has 0 aromatic carbocycles. The molecule has 0 spiro atoms. The van der Waals surface area contributed by atoms with Crippen molar-refractivity contribution in [1.29, 1.82) is 0 Å². The van der Waals surface area contributed by atoms with E-state index in [-0.39, 0.29) is 12.3 Å². The van der Waals surface area contributed by atoms with Crippen LogP contribution in [0.5, 0.6) is 0 Å². The topological polar surface area (TPSA) is 217 Å². The van der Waals surface area contributed by atoms with Crippen LogP contribution in [-0.4, -0.2) is 81.9 Å². The lowest BCUT2D eigenvalue weighted by Gasteiger charge is -2.27. The van der Waals surface area contributed by atoms with Crippen LogP contribution in [0.3, 0.4) is 0 Å². The Morgan fingerprint density at radius 1 is 0.844 bits per heavy atom. The molecule has 0 aromatic rings. The van der Waals surface area contributed by atoms with E-state index in [1.807, 2.05) is 6.92 Å². The van der Waals surface area contributed by atoms with Crippen molar-refractivity contribution in [2.75, 3.05) is 6.54 Å². The highest BCUT2D eigenvalue weighted by atomic mass is 16.4. The summed E-state index contributed by atoms with van der Waals surface area (Å²) in [4.78, 5) is 49.1. The van der Waals surface area contributed by atoms with Crippen LogP contribution in [-0.2, 0) is 19.2 Å². The van der Waals surface area contributed by atoms with Gasteiger partial charge in [0.1, 0.15) is 12.1 Å². The fourth-order valence-corrected chi connectivity index (χ4v) is 2.83. The zero-order chi connectivity index (χ0) is 25.0. The lowest BCUT2D eigenvalue weighted by Crippen LogP contribution is -2.60. The molecule has 0 saturated carbocycles. The van der Waals surface area contributed by atoms with Crippen LogP contribution >= 0.6 is 0 Å². The number of carboxylic acids is 1. The molecular formula is C20H39N5O7. The van der Waals surface area contributed by atoms with Crippen molar-refractivity contribution in [3.63, 3.8) is 0 Å². The number of aliphatic carboxylic acids is 1. The SMILES string of the molecule is CCC(C)C(N)C(=O)NC(C(=O)NC(CCCCN)C(=O)NC(C(=O)O)C(C)O)C(C)O. The number of nitrogens with one attached hydrogen (secondary N) is 3. The molecule has 0 fully saturated rings. The fraction of sp³-hybridized carbons (Fsp3) is 0.800. The second-order valence-electron chi connectivity index (χ2n) is 8.05. The molecule has 0 radical (unpaired) electrons. The predicted octanol–water partition coefficient (Wildman–Crippen LogP) is -2.21. The summed E-state index contributed by atoms with van der Waals surface area (Å²) in [7, 11) is 0. The van der Waals surface area contributed by atoms with Gasteiger partial charge in [0.2, 0.25) is 17.7 Å². The van der Waals surface area contributed by atoms with Crippen molar-refractivity contribution >= 4 is 23.7 Å². The van der Waals surface area contributed by atoms with Crippen molar-refractivity contribution in [1.82, 2.24) is 16.0 Å². The zero-order valence-electron chi connectivity index (χ0n) is 19.2. The van der Waals surface area contributed by atoms with Crippen LogP contribution in [0, 0.1) is 5.92 Å². The Morgan fingerprint density at radius 3 is 1.81 bits per heavy atom. The van der Waals surface area contributed by atoms with Gasteiger partial charge in [0.15, 0.2) is 6.04 Å². The van der Waals surface area contributed by atoms with E-state index < -0.39 is 60.1 Å². The summed E-state index contributed by atoms with van der Waals surface area (Å²) in [6, 6.07) is -5.01. The lowest BCUT2D eigenvalue weighted by molar-refractivity contribution is -0.145. The summed E-state index contributed by atoms with van der Waals surface area (Å²) in [5, 5.41) is 35.8. The normalized spacial score (nSPS) is 17.8. The minimum absolute atomic E-state index is 0.133. The van der Waals surface area contributed by atoms with Gasteiger partial charge >= 0.3 is 5.97 Å². The van der Waals surface area contributed by atoms with E-state index in [9.17, 15) is 34.5 Å². The summed E-state index contributed by atoms with van der Waals surface area (Å²) in [6.45, 7) is 6.50. The summed E-state index contributed by atoms with van der Waals surface area (Å²) in [5.74, 6) is -3.87. The summed E-state index contributed by atoms with van der Waals surface area (Å²) in [5.41, 5.74) is 11.3. The third-order valence-corrected chi connectivity index (χ3v) is 5.25. The number of carbonyl (C=O) groups is 4. The number of rotatable bonds is 15. The molecule has 0 saturated heterocycles. The van der Waals surface area contributed by atoms with Crippen molar-refractivity contribution in [3.8, 4) is 0 Å². The molecule has 0 bridgehead atoms. The van der Waals surface area contributed by atoms with Gasteiger partial charge < -0.3 is 42.7 Å². The highest BCUT2D eigenvalue weighted by Crippen LogP contribution is 2.08. The van der Waals surface area contributed by atoms with Gasteiger partial charge in [0, 0.05) is 0 Å². The summed E-state index contributed by atoms with van der Waals surface area (Å²) < 4.78 is 0. The number of aliphatic hydroxyl groups is 2. The molecule has 3 amide bonds. The molecule has 0 aliphatic heterocycles. The minimum atomic E-state index is -1.57. The number of nitrogens with two attached hydrogens (primary N) is 2. The highest BCUT2D eigenvalue weighted by Gasteiger charge is 2.33. The molecule has 32 heavy (non-hydrogen) atoms. The largest absolute Gasteiger partial charge is 0.480 e. The fourth-order valence-electron chi connectivity index (χ4n) is 2.83. The Kier molecular flexibility index (Phi) is 13.7. The van der Waals surface area contributed by atoms with Crippen LogP contribution in [0.4, 0.5) is 0 Å². The van der Waals surface area contributed by atoms with Gasteiger partial charge in [-0.15, -0.1) is 0 Å². The third kappa shape index (κ3) is 9.90. The number of unbranched alkanes of at least 4 members (excludes halogenated alkanes) is 1. The Labute approximate surface area is 188 Å². The van der Waals surface area contributed by atoms with Gasteiger partial charge in [-0.3, -0.25) is 14.4 Å². The van der Waals surface area contributed by atoms with Gasteiger partial charge in [0.05, 0.1) is 18.2 Å². The van der Waals surface area contributed by atoms with E-state index in [0.29, 0.717) is 25.8 Å². The van der Waals surface area contributed by atoms with Crippen molar-refractivity contribution in [3.05, 3.63) is 0 Å². The standard InChI is InChI=1S/C20H39N5O7/c1-5-10(2)14(22)18(29)24-15(11(3)26)19(30)23-13(8-6-7-9-21)17(28)25-16(12(4)27)20(31)32/h10-16,26-27H,5-9,21-22H2,1-4H3,(H,23,30)(H,24,29)(H,25,28)(H,31,32). The molecule has 0 heterocycles. The van der Waals surface area contributed by atoms with Crippen molar-refractivity contribution < 1.29 is 34.5 Å². The predicted molar refractivity (Wildman–Crippen MR) is 117 cm³/mol. The first-order valence-corrected chi connectivity index (χ1v) is 10.8. The molecule has 7 atom stereocenters. The quantitative estimate of drug-likeness (QED) is 0.124. The smallest absolute Gasteiger partial charge is 0.328 e. The number of carbonyl (C=O) groups excluding carboxylic acids is 3. The number of carboxylic acid groups (broad SMARTS) is 1. The molecule has 0 rings (SSSR count). The van der Waals surface area contributed by atoms with E-state index >= 15 is 0 Å². The summed E-state index contributed by atoms with van der Waals surface area (Å²) in [6.07, 6.45) is -0.890. The monoisotopic (exact) mass is 461 g/mol. The second kappa shape index (κ2) is 14.7. The average molecular weight is 462 g/mol. The molecule has 10 N–H and O–H groups in total. The molecule has 0 aliphatic rings. The molecule has 0 aromatic heterocycles. The number of hydrogen-bond acceptors (Lipinski definition) is 8. The third-order valence-electron chi connectivity index (χ3n) is 5.25. The first-order valence-electron chi connectivity index (χ1n) is 10.8. The van der Waals surface area contributed by atoms with E-state index in [1.54, 1.807) is 6.92 Å². The first kappa shape index (κ1) is 29.7. The van der Waals surface area contributed by atoms with Crippen LogP contribution in [0.1, 0.15) is 53.4 Å². The van der Waals surface area contributed by atoms with Crippen LogP contribution in [0.15, 0.2) is 0 Å². The Morgan fingerprint density at radius 2 is 1.38 bits per heavy atom. The van der Waals surface area contributed by atoms with Crippen LogP contribution in [0.25, 0.3) is 0 Å². The molecule has 186 valence electrons. The lowest BCUT2D eigenvalue weighted by atomic mass is 9.98. The second-order valence-corrected chi connectivity index (χ2v) is 8.05. The van der Waals surface area contributed by atoms with Crippen LogP contribution in [0.2, 0.25) is 0 Å². The maximum Gasteiger partial charge on any atom is 0.328 e. The molecule has 12 heteroatoms. The minimum Gasteiger partial charge on any atom is -0.480 e. The zero-order valence-corrected chi connectivity index (χ0v) is 19.2. The average Bonchev–Trinajstić information content (AvgIpc) is 2.72. The number of amides is 3. The van der Waals surface area contributed by atoms with E-state index in [1.165, 1.54) is 13.8 Å². The maximum atomic E-state index is 12.8. The van der Waals surface area contributed by atoms with E-state index in [0.717, 1.165) is 0 Å². The van der Waals surface area contributed by atoms with Gasteiger partial charge in [-0.05, 0) is 45.6 Å². The number of hydrogen-bond donors (Lipinski definition) is 8. The van der Waals surface area contributed by atoms with E-state index in [2.05, 4.69) is 16.0 Å². The Bertz CT molecular complexity index is 629. The first-order chi connectivity index (χ1) is 14.9. The van der Waals surface area contributed by atoms with Crippen molar-refractivity contribution in [2.24, 2.45) is 17.4 Å². The van der Waals surface area contributed by atoms with Gasteiger partial charge in [-0.25, -0.2) is 4.79 Å². The molecule has 12 nitrogen and oxygen atoms in total. The molecule has 7 unspecified atom stereocenters. The van der Waals surface area contributed by atoms with Gasteiger partial charge in [-0.1, -0.05) is 20.3 Å². The molecule has 0 aliphatic carbocycles. The molecular weight excluding hydrogens is 422 g/mol. The van der Waals surface area contributed by atoms with Gasteiger partial charge in [0.25, 0.3) is 0 Å². The Hall–Kier alpha value is -2.28. The van der Waals surface area contributed by atoms with Crippen LogP contribution < -0.4 is 27.4 Å². The highest BCUT2D eigenvalue weighted by molar-refractivity contribution is 5.94. The van der Waals surface area contributed by atoms with E-state index in [4.69, 9.17) is 11.5 Å². The maximum absolute atomic E-state index is 12.8. The number of aliphatic hydroxyl groups excluding tert-OH is 2.